The Balaban J connectivity index is 1.79. The van der Waals surface area contributed by atoms with Crippen molar-refractivity contribution in [2.45, 2.75) is 29.3 Å². The van der Waals surface area contributed by atoms with Gasteiger partial charge in [0.1, 0.15) is 5.82 Å². The predicted octanol–water partition coefficient (Wildman–Crippen LogP) is 4.18. The van der Waals surface area contributed by atoms with Crippen LogP contribution in [-0.2, 0) is 22.3 Å². The minimum atomic E-state index is -3.89. The number of sulfonamides is 1. The van der Waals surface area contributed by atoms with E-state index in [2.05, 4.69) is 14.9 Å². The third-order valence-electron chi connectivity index (χ3n) is 3.70. The fraction of sp³-hybridized carbons (Fsp3) is 0.176. The summed E-state index contributed by atoms with van der Waals surface area (Å²) in [7, 11) is -3.89. The molecule has 142 valence electrons. The van der Waals surface area contributed by atoms with Gasteiger partial charge in [0.15, 0.2) is 5.16 Å². The monoisotopic (exact) mass is 426 g/mol. The quantitative estimate of drug-likeness (QED) is 0.573. The van der Waals surface area contributed by atoms with Crippen LogP contribution in [0.25, 0.3) is 0 Å². The molecule has 0 saturated heterocycles. The number of hydrogen-bond acceptors (Lipinski definition) is 5. The summed E-state index contributed by atoms with van der Waals surface area (Å²) in [5.74, 6) is 0.162. The largest absolute Gasteiger partial charge is 0.288 e. The Bertz CT molecular complexity index is 1040. The lowest BCUT2D eigenvalue weighted by Gasteiger charge is -2.10. The normalized spacial score (nSPS) is 11.5. The molecule has 10 heteroatoms. The third-order valence-corrected chi connectivity index (χ3v) is 6.43. The van der Waals surface area contributed by atoms with Crippen molar-refractivity contribution in [3.05, 3.63) is 64.9 Å². The van der Waals surface area contributed by atoms with E-state index in [4.69, 9.17) is 11.6 Å². The Morgan fingerprint density at radius 1 is 1.15 bits per heavy atom. The van der Waals surface area contributed by atoms with Gasteiger partial charge in [0.2, 0.25) is 5.95 Å². The number of rotatable bonds is 7. The van der Waals surface area contributed by atoms with Crippen LogP contribution in [0.5, 0.6) is 0 Å². The molecule has 0 radical (unpaired) electrons. The molecule has 0 aliphatic carbocycles. The Kier molecular flexibility index (Phi) is 6.03. The van der Waals surface area contributed by atoms with Crippen molar-refractivity contribution in [2.75, 3.05) is 4.72 Å². The molecule has 0 amide bonds. The first-order valence-corrected chi connectivity index (χ1v) is 10.8. The summed E-state index contributed by atoms with van der Waals surface area (Å²) >= 11 is 7.56. The Labute approximate surface area is 165 Å². The molecule has 0 atom stereocenters. The van der Waals surface area contributed by atoms with E-state index in [1.165, 1.54) is 23.9 Å². The fourth-order valence-corrected chi connectivity index (χ4v) is 4.60. The average molecular weight is 427 g/mol. The molecule has 1 heterocycles. The summed E-state index contributed by atoms with van der Waals surface area (Å²) in [4.78, 5) is -0.0557. The minimum absolute atomic E-state index is 0.0557. The number of nitrogens with one attached hydrogen (secondary N) is 1. The molecule has 0 bridgehead atoms. The second-order valence-corrected chi connectivity index (χ2v) is 8.52. The van der Waals surface area contributed by atoms with Crippen LogP contribution in [0.2, 0.25) is 5.02 Å². The van der Waals surface area contributed by atoms with E-state index in [-0.39, 0.29) is 10.8 Å². The van der Waals surface area contributed by atoms with Crippen molar-refractivity contribution >= 4 is 39.3 Å². The van der Waals surface area contributed by atoms with Crippen LogP contribution in [0.1, 0.15) is 12.5 Å². The lowest BCUT2D eigenvalue weighted by molar-refractivity contribution is 0.598. The van der Waals surface area contributed by atoms with Crippen molar-refractivity contribution in [3.8, 4) is 0 Å². The number of thioether (sulfide) groups is 1. The van der Waals surface area contributed by atoms with Crippen molar-refractivity contribution in [3.63, 3.8) is 0 Å². The van der Waals surface area contributed by atoms with Gasteiger partial charge < -0.3 is 0 Å². The molecule has 3 aromatic rings. The van der Waals surface area contributed by atoms with Gasteiger partial charge in [-0.15, -0.1) is 10.2 Å². The topological polar surface area (TPSA) is 76.9 Å². The Morgan fingerprint density at radius 2 is 1.85 bits per heavy atom. The van der Waals surface area contributed by atoms with Crippen LogP contribution < -0.4 is 4.72 Å². The molecule has 27 heavy (non-hydrogen) atoms. The highest BCUT2D eigenvalue weighted by molar-refractivity contribution is 7.98. The molecule has 0 aliphatic heterocycles. The molecule has 1 aromatic heterocycles. The molecule has 2 aromatic carbocycles. The second kappa shape index (κ2) is 8.28. The Morgan fingerprint density at radius 3 is 2.52 bits per heavy atom. The first-order chi connectivity index (χ1) is 12.9. The van der Waals surface area contributed by atoms with Crippen molar-refractivity contribution in [1.29, 1.82) is 0 Å². The molecule has 6 nitrogen and oxygen atoms in total. The van der Waals surface area contributed by atoms with E-state index in [1.54, 1.807) is 4.57 Å². The van der Waals surface area contributed by atoms with Crippen molar-refractivity contribution in [2.24, 2.45) is 0 Å². The fourth-order valence-electron chi connectivity index (χ4n) is 2.31. The second-order valence-electron chi connectivity index (χ2n) is 5.49. The lowest BCUT2D eigenvalue weighted by Crippen LogP contribution is -2.16. The predicted molar refractivity (Wildman–Crippen MR) is 104 cm³/mol. The van der Waals surface area contributed by atoms with Gasteiger partial charge in [0.25, 0.3) is 10.0 Å². The molecular formula is C17H16ClFN4O2S2. The van der Waals surface area contributed by atoms with E-state index in [1.807, 2.05) is 31.2 Å². The highest BCUT2D eigenvalue weighted by Gasteiger charge is 2.20. The maximum absolute atomic E-state index is 13.0. The van der Waals surface area contributed by atoms with E-state index in [0.29, 0.717) is 22.5 Å². The summed E-state index contributed by atoms with van der Waals surface area (Å²) in [5.41, 5.74) is 0.947. The third kappa shape index (κ3) is 4.60. The standard InChI is InChI=1S/C17H16ClFN4O2S2/c1-2-23-16(22-27(24,25)14-9-7-13(19)8-10-14)20-21-17(23)26-11-12-5-3-4-6-15(12)18/h3-10H,2,11H2,1H3,(H,20,22). The molecule has 0 unspecified atom stereocenters. The van der Waals surface area contributed by atoms with Gasteiger partial charge >= 0.3 is 0 Å². The first-order valence-electron chi connectivity index (χ1n) is 7.98. The number of aromatic nitrogens is 3. The molecule has 3 rings (SSSR count). The maximum Gasteiger partial charge on any atom is 0.264 e. The summed E-state index contributed by atoms with van der Waals surface area (Å²) < 4.78 is 42.0. The smallest absolute Gasteiger partial charge is 0.264 e. The van der Waals surface area contributed by atoms with Gasteiger partial charge in [0, 0.05) is 17.3 Å². The zero-order chi connectivity index (χ0) is 19.4. The lowest BCUT2D eigenvalue weighted by atomic mass is 10.2. The zero-order valence-electron chi connectivity index (χ0n) is 14.3. The number of hydrogen-bond donors (Lipinski definition) is 1. The highest BCUT2D eigenvalue weighted by atomic mass is 35.5. The zero-order valence-corrected chi connectivity index (χ0v) is 16.7. The van der Waals surface area contributed by atoms with Crippen LogP contribution in [0.3, 0.4) is 0 Å². The van der Waals surface area contributed by atoms with Crippen LogP contribution in [0.4, 0.5) is 10.3 Å². The van der Waals surface area contributed by atoms with Gasteiger partial charge in [-0.25, -0.2) is 17.5 Å². The Hall–Kier alpha value is -2.10. The van der Waals surface area contributed by atoms with Gasteiger partial charge in [-0.05, 0) is 42.8 Å². The molecule has 0 fully saturated rings. The van der Waals surface area contributed by atoms with Crippen molar-refractivity contribution in [1.82, 2.24) is 14.8 Å². The number of nitrogens with zero attached hydrogens (tertiary/aromatic N) is 3. The van der Waals surface area contributed by atoms with Gasteiger partial charge in [-0.3, -0.25) is 4.57 Å². The number of benzene rings is 2. The molecule has 0 aliphatic rings. The van der Waals surface area contributed by atoms with Crippen LogP contribution >= 0.6 is 23.4 Å². The number of anilines is 1. The van der Waals surface area contributed by atoms with Crippen LogP contribution in [0, 0.1) is 5.82 Å². The molecular weight excluding hydrogens is 411 g/mol. The van der Waals surface area contributed by atoms with Crippen molar-refractivity contribution < 1.29 is 12.8 Å². The first kappa shape index (κ1) is 19.7. The van der Waals surface area contributed by atoms with Crippen LogP contribution in [-0.4, -0.2) is 23.2 Å². The maximum atomic E-state index is 13.0. The molecule has 1 N–H and O–H groups in total. The van der Waals surface area contributed by atoms with Gasteiger partial charge in [-0.1, -0.05) is 41.6 Å². The summed E-state index contributed by atoms with van der Waals surface area (Å²) in [6, 6.07) is 12.0. The molecule has 0 spiro atoms. The summed E-state index contributed by atoms with van der Waals surface area (Å²) in [5, 5.41) is 9.24. The van der Waals surface area contributed by atoms with E-state index in [9.17, 15) is 12.8 Å². The number of halogens is 2. The summed E-state index contributed by atoms with van der Waals surface area (Å²) in [6.07, 6.45) is 0. The minimum Gasteiger partial charge on any atom is -0.288 e. The van der Waals surface area contributed by atoms with Gasteiger partial charge in [-0.2, -0.15) is 0 Å². The van der Waals surface area contributed by atoms with Gasteiger partial charge in [0.05, 0.1) is 4.90 Å². The highest BCUT2D eigenvalue weighted by Crippen LogP contribution is 2.27. The van der Waals surface area contributed by atoms with Crippen LogP contribution in [0.15, 0.2) is 58.6 Å². The SMILES string of the molecule is CCn1c(NS(=O)(=O)c2ccc(F)cc2)nnc1SCc1ccccc1Cl. The molecule has 0 saturated carbocycles. The average Bonchev–Trinajstić information content (AvgIpc) is 3.02. The van der Waals surface area contributed by atoms with E-state index < -0.39 is 15.8 Å². The summed E-state index contributed by atoms with van der Waals surface area (Å²) in [6.45, 7) is 2.33. The van der Waals surface area contributed by atoms with E-state index in [0.717, 1.165) is 17.7 Å². The van der Waals surface area contributed by atoms with E-state index >= 15 is 0 Å².